The molecule has 1 saturated heterocycles. The van der Waals surface area contributed by atoms with Crippen LogP contribution in [0.5, 0.6) is 11.5 Å². The number of rotatable bonds is 7. The third-order valence-corrected chi connectivity index (χ3v) is 6.00. The first-order chi connectivity index (χ1) is 15.6. The van der Waals surface area contributed by atoms with Gasteiger partial charge < -0.3 is 25.4 Å². The zero-order valence-corrected chi connectivity index (χ0v) is 19.3. The zero-order valence-electron chi connectivity index (χ0n) is 18.5. The Morgan fingerprint density at radius 3 is 2.53 bits per heavy atom. The quantitative estimate of drug-likeness (QED) is 0.463. The highest BCUT2D eigenvalue weighted by molar-refractivity contribution is 6.31. The number of hydrogen-bond donors (Lipinski definition) is 3. The lowest BCUT2D eigenvalue weighted by atomic mass is 10.0. The highest BCUT2D eigenvalue weighted by Gasteiger charge is 2.18. The van der Waals surface area contributed by atoms with E-state index in [2.05, 4.69) is 20.9 Å². The van der Waals surface area contributed by atoms with E-state index in [0.29, 0.717) is 23.5 Å². The van der Waals surface area contributed by atoms with Crippen molar-refractivity contribution in [2.45, 2.75) is 25.8 Å². The fourth-order valence-corrected chi connectivity index (χ4v) is 3.90. The number of aromatic nitrogens is 2. The lowest BCUT2D eigenvalue weighted by Crippen LogP contribution is -2.35. The molecule has 1 fully saturated rings. The van der Waals surface area contributed by atoms with Gasteiger partial charge in [-0.1, -0.05) is 17.7 Å². The van der Waals surface area contributed by atoms with Crippen LogP contribution in [0.3, 0.4) is 0 Å². The molecule has 3 N–H and O–H groups in total. The summed E-state index contributed by atoms with van der Waals surface area (Å²) < 4.78 is 10.9. The van der Waals surface area contributed by atoms with Gasteiger partial charge in [0.1, 0.15) is 5.82 Å². The topological polar surface area (TPSA) is 80.3 Å². The van der Waals surface area contributed by atoms with Crippen LogP contribution in [0.25, 0.3) is 11.1 Å². The fourth-order valence-electron chi connectivity index (χ4n) is 3.78. The van der Waals surface area contributed by atoms with Crippen molar-refractivity contribution in [3.63, 3.8) is 0 Å². The van der Waals surface area contributed by atoms with Crippen molar-refractivity contribution in [1.29, 1.82) is 0 Å². The van der Waals surface area contributed by atoms with E-state index < -0.39 is 0 Å². The van der Waals surface area contributed by atoms with Gasteiger partial charge in [0.2, 0.25) is 5.95 Å². The summed E-state index contributed by atoms with van der Waals surface area (Å²) in [4.78, 5) is 9.40. The lowest BCUT2D eigenvalue weighted by Gasteiger charge is -2.25. The number of hydrogen-bond acceptors (Lipinski definition) is 7. The van der Waals surface area contributed by atoms with Crippen LogP contribution in [0.1, 0.15) is 18.4 Å². The van der Waals surface area contributed by atoms with Crippen molar-refractivity contribution in [3.8, 4) is 22.6 Å². The molecule has 168 valence electrons. The zero-order chi connectivity index (χ0) is 22.5. The van der Waals surface area contributed by atoms with Gasteiger partial charge in [-0.2, -0.15) is 4.98 Å². The first-order valence-corrected chi connectivity index (χ1v) is 11.0. The standard InChI is InChI=1S/C24H28ClN5O2/c1-15-12-18(5-6-20(15)25)29-24-27-14-19(16-4-7-21(31-2)22(13-16)32-3)23(30-24)28-17-8-10-26-11-9-17/h4-7,12-14,17,26H,8-11H2,1-3H3,(H2,27,28,29,30). The fraction of sp³-hybridized carbons (Fsp3) is 0.333. The van der Waals surface area contributed by atoms with Crippen LogP contribution < -0.4 is 25.4 Å². The molecule has 0 unspecified atom stereocenters. The van der Waals surface area contributed by atoms with Crippen molar-refractivity contribution >= 4 is 29.1 Å². The summed E-state index contributed by atoms with van der Waals surface area (Å²) >= 11 is 6.16. The summed E-state index contributed by atoms with van der Waals surface area (Å²) in [6, 6.07) is 11.9. The normalized spacial score (nSPS) is 14.1. The van der Waals surface area contributed by atoms with E-state index in [1.54, 1.807) is 14.2 Å². The average molecular weight is 454 g/mol. The molecular formula is C24H28ClN5O2. The van der Waals surface area contributed by atoms with E-state index in [0.717, 1.165) is 59.1 Å². The molecule has 0 bridgehead atoms. The van der Waals surface area contributed by atoms with Gasteiger partial charge in [-0.05, 0) is 74.3 Å². The molecule has 0 atom stereocenters. The predicted molar refractivity (Wildman–Crippen MR) is 130 cm³/mol. The number of anilines is 3. The molecule has 2 aromatic carbocycles. The molecule has 4 rings (SSSR count). The lowest BCUT2D eigenvalue weighted by molar-refractivity contribution is 0.355. The average Bonchev–Trinajstić information content (AvgIpc) is 2.82. The van der Waals surface area contributed by atoms with Gasteiger partial charge in [0.05, 0.1) is 14.2 Å². The summed E-state index contributed by atoms with van der Waals surface area (Å²) in [6.45, 7) is 3.95. The van der Waals surface area contributed by atoms with Crippen molar-refractivity contribution in [1.82, 2.24) is 15.3 Å². The van der Waals surface area contributed by atoms with Crippen LogP contribution in [0.15, 0.2) is 42.6 Å². The molecule has 8 heteroatoms. The number of ether oxygens (including phenoxy) is 2. The second-order valence-electron chi connectivity index (χ2n) is 7.78. The molecule has 1 aliphatic heterocycles. The Hall–Kier alpha value is -3.03. The van der Waals surface area contributed by atoms with Gasteiger partial charge in [-0.3, -0.25) is 0 Å². The molecule has 0 amide bonds. The summed E-state index contributed by atoms with van der Waals surface area (Å²) in [5.74, 6) is 2.65. The van der Waals surface area contributed by atoms with Crippen LogP contribution in [0.4, 0.5) is 17.5 Å². The molecular weight excluding hydrogens is 426 g/mol. The highest BCUT2D eigenvalue weighted by atomic mass is 35.5. The maximum Gasteiger partial charge on any atom is 0.229 e. The van der Waals surface area contributed by atoms with Gasteiger partial charge in [0.15, 0.2) is 11.5 Å². The summed E-state index contributed by atoms with van der Waals surface area (Å²) in [5.41, 5.74) is 3.74. The molecule has 0 spiro atoms. The molecule has 7 nitrogen and oxygen atoms in total. The molecule has 2 heterocycles. The SMILES string of the molecule is COc1ccc(-c2cnc(Nc3ccc(Cl)c(C)c3)nc2NC2CCNCC2)cc1OC. The largest absolute Gasteiger partial charge is 0.493 e. The third-order valence-electron chi connectivity index (χ3n) is 5.58. The Balaban J connectivity index is 1.69. The van der Waals surface area contributed by atoms with Gasteiger partial charge in [0, 0.05) is 28.5 Å². The molecule has 0 saturated carbocycles. The Morgan fingerprint density at radius 1 is 1.03 bits per heavy atom. The Bertz CT molecular complexity index is 1090. The molecule has 3 aromatic rings. The van der Waals surface area contributed by atoms with E-state index in [9.17, 15) is 0 Å². The van der Waals surface area contributed by atoms with Crippen LogP contribution >= 0.6 is 11.6 Å². The van der Waals surface area contributed by atoms with Crippen LogP contribution in [0.2, 0.25) is 5.02 Å². The Kier molecular flexibility index (Phi) is 6.97. The van der Waals surface area contributed by atoms with Crippen molar-refractivity contribution in [2.75, 3.05) is 37.9 Å². The summed E-state index contributed by atoms with van der Waals surface area (Å²) in [5, 5.41) is 11.1. The minimum atomic E-state index is 0.343. The second-order valence-corrected chi connectivity index (χ2v) is 8.19. The number of benzene rings is 2. The summed E-state index contributed by atoms with van der Waals surface area (Å²) in [6.07, 6.45) is 3.91. The number of nitrogens with zero attached hydrogens (tertiary/aromatic N) is 2. The van der Waals surface area contributed by atoms with Crippen molar-refractivity contribution < 1.29 is 9.47 Å². The molecule has 0 aliphatic carbocycles. The molecule has 0 radical (unpaired) electrons. The Morgan fingerprint density at radius 2 is 1.81 bits per heavy atom. The van der Waals surface area contributed by atoms with Crippen molar-refractivity contribution in [3.05, 3.63) is 53.2 Å². The number of halogens is 1. The van der Waals surface area contributed by atoms with Gasteiger partial charge in [-0.15, -0.1) is 0 Å². The van der Waals surface area contributed by atoms with E-state index in [4.69, 9.17) is 26.1 Å². The van der Waals surface area contributed by atoms with E-state index >= 15 is 0 Å². The van der Waals surface area contributed by atoms with Crippen LogP contribution in [-0.4, -0.2) is 43.3 Å². The summed E-state index contributed by atoms with van der Waals surface area (Å²) in [7, 11) is 3.26. The van der Waals surface area contributed by atoms with E-state index in [1.165, 1.54) is 0 Å². The third kappa shape index (κ3) is 5.06. The van der Waals surface area contributed by atoms with Crippen LogP contribution in [-0.2, 0) is 0 Å². The van der Waals surface area contributed by atoms with E-state index in [-0.39, 0.29) is 0 Å². The first-order valence-electron chi connectivity index (χ1n) is 10.7. The number of aryl methyl sites for hydroxylation is 1. The first kappa shape index (κ1) is 22.2. The second kappa shape index (κ2) is 10.1. The minimum Gasteiger partial charge on any atom is -0.493 e. The van der Waals surface area contributed by atoms with Crippen molar-refractivity contribution in [2.24, 2.45) is 0 Å². The predicted octanol–water partition coefficient (Wildman–Crippen LogP) is 5.03. The monoisotopic (exact) mass is 453 g/mol. The van der Waals surface area contributed by atoms with Gasteiger partial charge in [-0.25, -0.2) is 4.98 Å². The van der Waals surface area contributed by atoms with Crippen LogP contribution in [0, 0.1) is 6.92 Å². The van der Waals surface area contributed by atoms with Gasteiger partial charge >= 0.3 is 0 Å². The van der Waals surface area contributed by atoms with E-state index in [1.807, 2.05) is 49.5 Å². The smallest absolute Gasteiger partial charge is 0.229 e. The highest BCUT2D eigenvalue weighted by Crippen LogP contribution is 2.35. The Labute approximate surface area is 193 Å². The molecule has 1 aliphatic rings. The maximum absolute atomic E-state index is 6.16. The molecule has 32 heavy (non-hydrogen) atoms. The number of methoxy groups -OCH3 is 2. The number of nitrogens with one attached hydrogen (secondary N) is 3. The number of piperidine rings is 1. The van der Waals surface area contributed by atoms with Gasteiger partial charge in [0.25, 0.3) is 0 Å². The minimum absolute atomic E-state index is 0.343. The molecule has 1 aromatic heterocycles. The maximum atomic E-state index is 6.16.